The highest BCUT2D eigenvalue weighted by molar-refractivity contribution is 4.65. The van der Waals surface area contributed by atoms with Gasteiger partial charge < -0.3 is 9.47 Å². The van der Waals surface area contributed by atoms with Gasteiger partial charge in [0.15, 0.2) is 0 Å². The quantitative estimate of drug-likeness (QED) is 0.504. The van der Waals surface area contributed by atoms with Gasteiger partial charge in [-0.2, -0.15) is 0 Å². The second-order valence-electron chi connectivity index (χ2n) is 8.97. The summed E-state index contributed by atoms with van der Waals surface area (Å²) in [6.45, 7) is 23.4. The van der Waals surface area contributed by atoms with E-state index in [0.29, 0.717) is 18.1 Å². The normalized spacial score (nSPS) is 28.2. The van der Waals surface area contributed by atoms with E-state index in [4.69, 9.17) is 9.47 Å². The van der Waals surface area contributed by atoms with Gasteiger partial charge in [0.1, 0.15) is 0 Å². The lowest BCUT2D eigenvalue weighted by Gasteiger charge is -2.23. The molecule has 2 heteroatoms. The highest BCUT2D eigenvalue weighted by Gasteiger charge is 2.14. The molecule has 1 aliphatic heterocycles. The zero-order chi connectivity index (χ0) is 20.5. The van der Waals surface area contributed by atoms with Gasteiger partial charge in [-0.25, -0.2) is 0 Å². The van der Waals surface area contributed by atoms with E-state index in [0.717, 1.165) is 31.0 Å². The van der Waals surface area contributed by atoms with Crippen LogP contribution in [0.15, 0.2) is 0 Å². The zero-order valence-electron chi connectivity index (χ0n) is 19.9. The van der Waals surface area contributed by atoms with E-state index in [1.165, 1.54) is 38.5 Å². The maximum Gasteiger partial charge on any atom is 0.0547 e. The van der Waals surface area contributed by atoms with Gasteiger partial charge in [-0.05, 0) is 57.3 Å². The Bertz CT molecular complexity index is 211. The maximum absolute atomic E-state index is 5.39. The Kier molecular flexibility index (Phi) is 19.8. The van der Waals surface area contributed by atoms with E-state index in [1.54, 1.807) is 0 Å². The summed E-state index contributed by atoms with van der Waals surface area (Å²) >= 11 is 0. The third-order valence-electron chi connectivity index (χ3n) is 4.80. The highest BCUT2D eigenvalue weighted by Crippen LogP contribution is 2.27. The maximum atomic E-state index is 5.39. The molecule has 160 valence electrons. The third-order valence-corrected chi connectivity index (χ3v) is 4.80. The third kappa shape index (κ3) is 20.2. The van der Waals surface area contributed by atoms with Crippen molar-refractivity contribution in [2.45, 2.75) is 120 Å². The second-order valence-corrected chi connectivity index (χ2v) is 8.97. The SMILES string of the molecule is CC.CC(C)COC(C)C.CC1CCC(C)CC1.CC1CCC(C)OC1. The minimum Gasteiger partial charge on any atom is -0.379 e. The van der Waals surface area contributed by atoms with Gasteiger partial charge in [0.05, 0.1) is 12.2 Å². The van der Waals surface area contributed by atoms with Crippen molar-refractivity contribution in [2.75, 3.05) is 13.2 Å². The summed E-state index contributed by atoms with van der Waals surface area (Å²) < 4.78 is 10.7. The summed E-state index contributed by atoms with van der Waals surface area (Å²) in [6.07, 6.45) is 9.40. The Balaban J connectivity index is 0. The molecule has 2 nitrogen and oxygen atoms in total. The lowest BCUT2D eigenvalue weighted by Crippen LogP contribution is -2.21. The molecule has 2 unspecified atom stereocenters. The fourth-order valence-electron chi connectivity index (χ4n) is 2.83. The topological polar surface area (TPSA) is 18.5 Å². The van der Waals surface area contributed by atoms with Crippen LogP contribution in [0.1, 0.15) is 108 Å². The Morgan fingerprint density at radius 3 is 1.38 bits per heavy atom. The van der Waals surface area contributed by atoms with E-state index in [-0.39, 0.29) is 0 Å². The Morgan fingerprint density at radius 1 is 0.731 bits per heavy atom. The molecule has 0 aromatic heterocycles. The largest absolute Gasteiger partial charge is 0.379 e. The van der Waals surface area contributed by atoms with Crippen molar-refractivity contribution < 1.29 is 9.47 Å². The van der Waals surface area contributed by atoms with Crippen LogP contribution in [0.3, 0.4) is 0 Å². The average molecular weight is 373 g/mol. The van der Waals surface area contributed by atoms with Crippen LogP contribution in [-0.4, -0.2) is 25.4 Å². The van der Waals surface area contributed by atoms with Crippen LogP contribution in [0.4, 0.5) is 0 Å². The molecule has 0 amide bonds. The molecule has 0 bridgehead atoms. The lowest BCUT2D eigenvalue weighted by molar-refractivity contribution is 0.000267. The van der Waals surface area contributed by atoms with E-state index in [1.807, 2.05) is 13.8 Å². The first-order valence-electron chi connectivity index (χ1n) is 11.4. The van der Waals surface area contributed by atoms with Gasteiger partial charge in [-0.15, -0.1) is 0 Å². The Labute approximate surface area is 166 Å². The number of rotatable bonds is 3. The zero-order valence-corrected chi connectivity index (χ0v) is 19.9. The van der Waals surface area contributed by atoms with Gasteiger partial charge >= 0.3 is 0 Å². The molecule has 0 radical (unpaired) electrons. The molecule has 0 aromatic carbocycles. The fourth-order valence-corrected chi connectivity index (χ4v) is 2.83. The lowest BCUT2D eigenvalue weighted by atomic mass is 9.84. The molecule has 1 aliphatic carbocycles. The average Bonchev–Trinajstić information content (AvgIpc) is 2.61. The summed E-state index contributed by atoms with van der Waals surface area (Å²) in [4.78, 5) is 0. The van der Waals surface area contributed by atoms with Crippen molar-refractivity contribution in [3.05, 3.63) is 0 Å². The van der Waals surface area contributed by atoms with Crippen LogP contribution >= 0.6 is 0 Å². The van der Waals surface area contributed by atoms with Crippen molar-refractivity contribution in [1.29, 1.82) is 0 Å². The van der Waals surface area contributed by atoms with Gasteiger partial charge in [0, 0.05) is 13.2 Å². The summed E-state index contributed by atoms with van der Waals surface area (Å²) in [5.41, 5.74) is 0. The summed E-state index contributed by atoms with van der Waals surface area (Å²) in [7, 11) is 0. The first-order chi connectivity index (χ1) is 12.2. The number of hydrogen-bond acceptors (Lipinski definition) is 2. The van der Waals surface area contributed by atoms with Crippen LogP contribution in [-0.2, 0) is 9.47 Å². The van der Waals surface area contributed by atoms with Crippen molar-refractivity contribution in [1.82, 2.24) is 0 Å². The molecular formula is C24H52O2. The molecule has 2 atom stereocenters. The summed E-state index contributed by atoms with van der Waals surface area (Å²) in [6, 6.07) is 0. The molecule has 1 heterocycles. The molecular weight excluding hydrogens is 320 g/mol. The molecule has 2 aliphatic rings. The molecule has 2 rings (SSSR count). The van der Waals surface area contributed by atoms with E-state index in [9.17, 15) is 0 Å². The number of ether oxygens (including phenoxy) is 2. The molecule has 0 aromatic rings. The van der Waals surface area contributed by atoms with Crippen molar-refractivity contribution >= 4 is 0 Å². The van der Waals surface area contributed by atoms with Crippen LogP contribution in [0.2, 0.25) is 0 Å². The molecule has 26 heavy (non-hydrogen) atoms. The molecule has 0 N–H and O–H groups in total. The fraction of sp³-hybridized carbons (Fsp3) is 1.00. The van der Waals surface area contributed by atoms with E-state index >= 15 is 0 Å². The van der Waals surface area contributed by atoms with Crippen molar-refractivity contribution in [3.63, 3.8) is 0 Å². The highest BCUT2D eigenvalue weighted by atomic mass is 16.5. The van der Waals surface area contributed by atoms with E-state index < -0.39 is 0 Å². The standard InChI is InChI=1S/C8H16.C7H14O.C7H16O.C2H6/c1-7-3-5-8(2)6-4-7;1-6-3-4-7(2)8-5-6;1-6(2)5-8-7(3)4;1-2/h7-8H,3-6H2,1-2H3;6-7H,3-5H2,1-2H3;6-7H,5H2,1-4H3;1-2H3. The Hall–Kier alpha value is -0.0800. The molecule has 0 spiro atoms. The van der Waals surface area contributed by atoms with Gasteiger partial charge in [0.2, 0.25) is 0 Å². The Morgan fingerprint density at radius 2 is 1.15 bits per heavy atom. The van der Waals surface area contributed by atoms with Crippen molar-refractivity contribution in [3.8, 4) is 0 Å². The minimum atomic E-state index is 0.386. The van der Waals surface area contributed by atoms with E-state index in [2.05, 4.69) is 55.4 Å². The van der Waals surface area contributed by atoms with Gasteiger partial charge in [-0.1, -0.05) is 74.1 Å². The minimum absolute atomic E-state index is 0.386. The summed E-state index contributed by atoms with van der Waals surface area (Å²) in [5.74, 6) is 3.50. The first-order valence-corrected chi connectivity index (χ1v) is 11.4. The molecule has 2 fully saturated rings. The summed E-state index contributed by atoms with van der Waals surface area (Å²) in [5, 5.41) is 0. The van der Waals surface area contributed by atoms with Crippen LogP contribution in [0.25, 0.3) is 0 Å². The van der Waals surface area contributed by atoms with Crippen molar-refractivity contribution in [2.24, 2.45) is 23.7 Å². The molecule has 1 saturated heterocycles. The smallest absolute Gasteiger partial charge is 0.0547 e. The predicted octanol–water partition coefficient (Wildman–Crippen LogP) is 7.75. The van der Waals surface area contributed by atoms with Crippen LogP contribution in [0.5, 0.6) is 0 Å². The van der Waals surface area contributed by atoms with Crippen LogP contribution in [0, 0.1) is 23.7 Å². The first kappa shape index (κ1) is 28.1. The molecule has 1 saturated carbocycles. The van der Waals surface area contributed by atoms with Gasteiger partial charge in [0.25, 0.3) is 0 Å². The second kappa shape index (κ2) is 18.3. The predicted molar refractivity (Wildman–Crippen MR) is 118 cm³/mol. The monoisotopic (exact) mass is 372 g/mol. The van der Waals surface area contributed by atoms with Gasteiger partial charge in [-0.3, -0.25) is 0 Å². The number of hydrogen-bond donors (Lipinski definition) is 0. The van der Waals surface area contributed by atoms with Crippen LogP contribution < -0.4 is 0 Å².